The summed E-state index contributed by atoms with van der Waals surface area (Å²) in [6.45, 7) is 10.7. The highest BCUT2D eigenvalue weighted by atomic mass is 15.1. The minimum atomic E-state index is 0.621. The van der Waals surface area contributed by atoms with Crippen LogP contribution in [0.15, 0.2) is 18.2 Å². The summed E-state index contributed by atoms with van der Waals surface area (Å²) in [5.74, 6) is 0.621. The maximum atomic E-state index is 2.25. The van der Waals surface area contributed by atoms with E-state index in [1.165, 1.54) is 16.8 Å². The lowest BCUT2D eigenvalue weighted by Gasteiger charge is -2.16. The Morgan fingerprint density at radius 3 is 1.93 bits per heavy atom. The normalized spacial score (nSPS) is 9.60. The predicted octanol–water partition coefficient (Wildman–Crippen LogP) is 4.21. The highest BCUT2D eigenvalue weighted by Crippen LogP contribution is 2.23. The summed E-state index contributed by atoms with van der Waals surface area (Å²) in [6.07, 6.45) is 0. The van der Waals surface area contributed by atoms with E-state index < -0.39 is 0 Å². The fourth-order valence-corrected chi connectivity index (χ4v) is 1.59. The number of hydrogen-bond acceptors (Lipinski definition) is 1. The van der Waals surface area contributed by atoms with E-state index in [9.17, 15) is 0 Å². The Bertz CT molecular complexity index is 287. The van der Waals surface area contributed by atoms with Crippen molar-refractivity contribution in [1.82, 2.24) is 0 Å². The van der Waals surface area contributed by atoms with Crippen LogP contribution in [0.5, 0.6) is 0 Å². The quantitative estimate of drug-likeness (QED) is 0.702. The maximum Gasteiger partial charge on any atom is 0.0363 e. The molecule has 86 valence electrons. The van der Waals surface area contributed by atoms with Gasteiger partial charge in [-0.05, 0) is 36.1 Å². The van der Waals surface area contributed by atoms with E-state index in [-0.39, 0.29) is 0 Å². The average Bonchev–Trinajstić information content (AvgIpc) is 2.20. The van der Waals surface area contributed by atoms with Gasteiger partial charge in [0.25, 0.3) is 0 Å². The molecule has 0 saturated heterocycles. The molecule has 1 nitrogen and oxygen atoms in total. The van der Waals surface area contributed by atoms with E-state index in [1.807, 2.05) is 13.8 Å². The van der Waals surface area contributed by atoms with Gasteiger partial charge >= 0.3 is 0 Å². The lowest BCUT2D eigenvalue weighted by molar-refractivity contribution is 0.856. The summed E-state index contributed by atoms with van der Waals surface area (Å²) in [7, 11) is 4.15. The fourth-order valence-electron chi connectivity index (χ4n) is 1.59. The van der Waals surface area contributed by atoms with Gasteiger partial charge in [-0.1, -0.05) is 33.8 Å². The second-order valence-corrected chi connectivity index (χ2v) is 4.09. The van der Waals surface area contributed by atoms with Crippen LogP contribution in [0.2, 0.25) is 0 Å². The first-order chi connectivity index (χ1) is 7.02. The van der Waals surface area contributed by atoms with E-state index in [2.05, 4.69) is 58.0 Å². The van der Waals surface area contributed by atoms with E-state index in [1.54, 1.807) is 0 Å². The molecule has 1 aromatic carbocycles. The van der Waals surface area contributed by atoms with Crippen LogP contribution in [0, 0.1) is 6.92 Å². The van der Waals surface area contributed by atoms with Gasteiger partial charge in [-0.15, -0.1) is 0 Å². The second-order valence-electron chi connectivity index (χ2n) is 4.09. The predicted molar refractivity (Wildman–Crippen MR) is 70.9 cm³/mol. The third-order valence-corrected chi connectivity index (χ3v) is 2.39. The van der Waals surface area contributed by atoms with Crippen molar-refractivity contribution in [2.75, 3.05) is 19.0 Å². The molecule has 0 aliphatic carbocycles. The van der Waals surface area contributed by atoms with Gasteiger partial charge in [0, 0.05) is 19.8 Å². The Morgan fingerprint density at radius 2 is 1.60 bits per heavy atom. The van der Waals surface area contributed by atoms with Crippen LogP contribution in [-0.4, -0.2) is 14.1 Å². The Morgan fingerprint density at radius 1 is 1.07 bits per heavy atom. The lowest BCUT2D eigenvalue weighted by Crippen LogP contribution is -2.09. The van der Waals surface area contributed by atoms with Crippen LogP contribution in [-0.2, 0) is 0 Å². The van der Waals surface area contributed by atoms with Crippen molar-refractivity contribution in [3.63, 3.8) is 0 Å². The molecule has 15 heavy (non-hydrogen) atoms. The molecular formula is C14H25N. The van der Waals surface area contributed by atoms with Crippen molar-refractivity contribution in [2.24, 2.45) is 0 Å². The van der Waals surface area contributed by atoms with Crippen molar-refractivity contribution >= 4 is 5.69 Å². The summed E-state index contributed by atoms with van der Waals surface area (Å²) >= 11 is 0. The molecule has 0 saturated carbocycles. The molecule has 0 spiro atoms. The van der Waals surface area contributed by atoms with Gasteiger partial charge in [-0.25, -0.2) is 0 Å². The molecule has 1 rings (SSSR count). The molecule has 1 aromatic rings. The van der Waals surface area contributed by atoms with Crippen LogP contribution < -0.4 is 4.90 Å². The number of nitrogens with zero attached hydrogens (tertiary/aromatic N) is 1. The molecule has 0 bridgehead atoms. The molecule has 0 N–H and O–H groups in total. The summed E-state index contributed by atoms with van der Waals surface area (Å²) in [6, 6.07) is 6.66. The van der Waals surface area contributed by atoms with Crippen LogP contribution in [0.1, 0.15) is 44.7 Å². The minimum absolute atomic E-state index is 0.621. The van der Waals surface area contributed by atoms with Gasteiger partial charge in [-0.3, -0.25) is 0 Å². The molecule has 0 aliphatic rings. The summed E-state index contributed by atoms with van der Waals surface area (Å²) < 4.78 is 0. The van der Waals surface area contributed by atoms with E-state index in [0.717, 1.165) is 0 Å². The van der Waals surface area contributed by atoms with Gasteiger partial charge < -0.3 is 4.90 Å². The largest absolute Gasteiger partial charge is 0.378 e. The van der Waals surface area contributed by atoms with E-state index in [0.29, 0.717) is 5.92 Å². The minimum Gasteiger partial charge on any atom is -0.378 e. The highest BCUT2D eigenvalue weighted by Gasteiger charge is 2.04. The molecule has 0 aromatic heterocycles. The van der Waals surface area contributed by atoms with Gasteiger partial charge in [0.05, 0.1) is 0 Å². The maximum absolute atomic E-state index is 2.25. The molecule has 0 heterocycles. The van der Waals surface area contributed by atoms with E-state index >= 15 is 0 Å². The Labute approximate surface area is 95.1 Å². The zero-order valence-electron chi connectivity index (χ0n) is 11.3. The first-order valence-electron chi connectivity index (χ1n) is 5.80. The number of hydrogen-bond donors (Lipinski definition) is 0. The Hall–Kier alpha value is -0.980. The Kier molecular flexibility index (Phi) is 6.07. The first-order valence-corrected chi connectivity index (χ1v) is 5.80. The summed E-state index contributed by atoms with van der Waals surface area (Å²) in [5.41, 5.74) is 4.12. The van der Waals surface area contributed by atoms with Gasteiger partial charge in [0.2, 0.25) is 0 Å². The highest BCUT2D eigenvalue weighted by molar-refractivity contribution is 5.50. The third-order valence-electron chi connectivity index (χ3n) is 2.39. The molecule has 0 amide bonds. The smallest absolute Gasteiger partial charge is 0.0363 e. The van der Waals surface area contributed by atoms with Crippen LogP contribution in [0.4, 0.5) is 5.69 Å². The van der Waals surface area contributed by atoms with Crippen molar-refractivity contribution < 1.29 is 0 Å². The van der Waals surface area contributed by atoms with Crippen molar-refractivity contribution in [2.45, 2.75) is 40.5 Å². The topological polar surface area (TPSA) is 3.24 Å². The fraction of sp³-hybridized carbons (Fsp3) is 0.571. The Balaban J connectivity index is 0.000000921. The molecule has 0 unspecified atom stereocenters. The number of anilines is 1. The summed E-state index contributed by atoms with van der Waals surface area (Å²) in [4.78, 5) is 2.14. The second kappa shape index (κ2) is 6.49. The molecule has 0 radical (unpaired) electrons. The first kappa shape index (κ1) is 14.0. The zero-order valence-corrected chi connectivity index (χ0v) is 11.3. The monoisotopic (exact) mass is 207 g/mol. The SMILES string of the molecule is CC.Cc1cc(N(C)C)ccc1C(C)C. The molecule has 0 atom stereocenters. The molecule has 1 heteroatoms. The molecular weight excluding hydrogens is 182 g/mol. The van der Waals surface area contributed by atoms with Gasteiger partial charge in [-0.2, -0.15) is 0 Å². The summed E-state index contributed by atoms with van der Waals surface area (Å²) in [5, 5.41) is 0. The zero-order chi connectivity index (χ0) is 12.0. The third kappa shape index (κ3) is 3.94. The van der Waals surface area contributed by atoms with Crippen LogP contribution in [0.3, 0.4) is 0 Å². The lowest BCUT2D eigenvalue weighted by atomic mass is 9.97. The van der Waals surface area contributed by atoms with Crippen LogP contribution in [0.25, 0.3) is 0 Å². The number of aryl methyl sites for hydroxylation is 1. The molecule has 0 fully saturated rings. The molecule has 0 aliphatic heterocycles. The number of rotatable bonds is 2. The van der Waals surface area contributed by atoms with E-state index in [4.69, 9.17) is 0 Å². The van der Waals surface area contributed by atoms with Gasteiger partial charge in [0.1, 0.15) is 0 Å². The number of benzene rings is 1. The van der Waals surface area contributed by atoms with Crippen molar-refractivity contribution in [3.05, 3.63) is 29.3 Å². The average molecular weight is 207 g/mol. The van der Waals surface area contributed by atoms with Crippen LogP contribution >= 0.6 is 0 Å². The van der Waals surface area contributed by atoms with Crippen molar-refractivity contribution in [3.8, 4) is 0 Å². The van der Waals surface area contributed by atoms with Crippen molar-refractivity contribution in [1.29, 1.82) is 0 Å². The van der Waals surface area contributed by atoms with Gasteiger partial charge in [0.15, 0.2) is 0 Å². The standard InChI is InChI=1S/C12H19N.C2H6/c1-9(2)12-7-6-11(13(4)5)8-10(12)3;1-2/h6-9H,1-5H3;1-2H3.